The summed E-state index contributed by atoms with van der Waals surface area (Å²) in [5.41, 5.74) is 0.853. The van der Waals surface area contributed by atoms with Gasteiger partial charge in [-0.1, -0.05) is 50.1 Å². The number of piperazine rings is 1. The molecule has 1 aromatic carbocycles. The highest BCUT2D eigenvalue weighted by Crippen LogP contribution is 2.13. The number of unbranched alkanes of at least 4 members (excludes halogenated alkanes) is 2. The summed E-state index contributed by atoms with van der Waals surface area (Å²) in [6.07, 6.45) is 5.23. The van der Waals surface area contributed by atoms with Gasteiger partial charge >= 0.3 is 0 Å². The molecule has 6 heteroatoms. The minimum atomic E-state index is -3.44. The molecule has 0 atom stereocenters. The van der Waals surface area contributed by atoms with Crippen molar-refractivity contribution in [2.45, 2.75) is 32.6 Å². The van der Waals surface area contributed by atoms with Gasteiger partial charge in [0.05, 0.1) is 0 Å². The van der Waals surface area contributed by atoms with Crippen molar-refractivity contribution in [3.8, 4) is 0 Å². The lowest BCUT2D eigenvalue weighted by Crippen LogP contribution is -2.50. The standard InChI is InChI=1S/C18H26N2O3S/c1-2-3-5-10-18(21)19-12-14-20(15-13-19)24(22,23)16-11-17-8-6-4-7-9-17/h4,6-9,11,16H,2-3,5,10,12-15H2,1H3/b16-11+. The third kappa shape index (κ3) is 5.46. The average Bonchev–Trinajstić information content (AvgIpc) is 2.61. The van der Waals surface area contributed by atoms with Crippen molar-refractivity contribution in [2.75, 3.05) is 26.2 Å². The van der Waals surface area contributed by atoms with Gasteiger partial charge in [0.25, 0.3) is 0 Å². The van der Waals surface area contributed by atoms with Crippen LogP contribution in [0.4, 0.5) is 0 Å². The maximum Gasteiger partial charge on any atom is 0.236 e. The predicted molar refractivity (Wildman–Crippen MR) is 96.7 cm³/mol. The van der Waals surface area contributed by atoms with E-state index in [-0.39, 0.29) is 5.91 Å². The lowest BCUT2D eigenvalue weighted by atomic mass is 10.2. The molecule has 5 nitrogen and oxygen atoms in total. The molecular formula is C18H26N2O3S. The number of sulfonamides is 1. The summed E-state index contributed by atoms with van der Waals surface area (Å²) in [7, 11) is -3.44. The third-order valence-electron chi connectivity index (χ3n) is 4.18. The molecule has 1 saturated heterocycles. The molecule has 0 aliphatic carbocycles. The van der Waals surface area contributed by atoms with Crippen molar-refractivity contribution in [1.82, 2.24) is 9.21 Å². The van der Waals surface area contributed by atoms with Crippen LogP contribution in [0.5, 0.6) is 0 Å². The Kier molecular flexibility index (Phi) is 6.99. The van der Waals surface area contributed by atoms with E-state index in [0.29, 0.717) is 32.6 Å². The van der Waals surface area contributed by atoms with Crippen LogP contribution in [0, 0.1) is 0 Å². The molecule has 0 unspecified atom stereocenters. The van der Waals surface area contributed by atoms with Crippen LogP contribution in [0.2, 0.25) is 0 Å². The number of rotatable bonds is 7. The molecular weight excluding hydrogens is 324 g/mol. The molecule has 0 spiro atoms. The molecule has 1 aliphatic heterocycles. The Morgan fingerprint density at radius 2 is 1.75 bits per heavy atom. The fraction of sp³-hybridized carbons (Fsp3) is 0.500. The Balaban J connectivity index is 1.86. The monoisotopic (exact) mass is 350 g/mol. The first-order valence-electron chi connectivity index (χ1n) is 8.54. The van der Waals surface area contributed by atoms with Crippen molar-refractivity contribution in [3.05, 3.63) is 41.3 Å². The van der Waals surface area contributed by atoms with Crippen LogP contribution in [0.3, 0.4) is 0 Å². The van der Waals surface area contributed by atoms with Crippen LogP contribution >= 0.6 is 0 Å². The second kappa shape index (κ2) is 8.99. The first-order valence-corrected chi connectivity index (χ1v) is 10.0. The molecule has 1 aliphatic rings. The topological polar surface area (TPSA) is 57.7 Å². The second-order valence-corrected chi connectivity index (χ2v) is 7.81. The van der Waals surface area contributed by atoms with Gasteiger partial charge in [0.15, 0.2) is 0 Å². The van der Waals surface area contributed by atoms with Gasteiger partial charge in [-0.3, -0.25) is 4.79 Å². The Hall–Kier alpha value is -1.66. The zero-order valence-corrected chi connectivity index (χ0v) is 15.0. The van der Waals surface area contributed by atoms with Crippen molar-refractivity contribution in [1.29, 1.82) is 0 Å². The van der Waals surface area contributed by atoms with Gasteiger partial charge in [-0.25, -0.2) is 8.42 Å². The van der Waals surface area contributed by atoms with Crippen LogP contribution in [0.1, 0.15) is 38.2 Å². The zero-order chi connectivity index (χ0) is 17.4. The summed E-state index contributed by atoms with van der Waals surface area (Å²) in [6.45, 7) is 3.78. The molecule has 2 rings (SSSR count). The molecule has 0 radical (unpaired) electrons. The first-order chi connectivity index (χ1) is 11.5. The van der Waals surface area contributed by atoms with Gasteiger partial charge in [0.2, 0.25) is 15.9 Å². The number of carbonyl (C=O) groups is 1. The number of hydrogen-bond donors (Lipinski definition) is 0. The van der Waals surface area contributed by atoms with Crippen LogP contribution in [0.25, 0.3) is 6.08 Å². The predicted octanol–water partition coefficient (Wildman–Crippen LogP) is 2.71. The molecule has 1 aromatic rings. The summed E-state index contributed by atoms with van der Waals surface area (Å²) < 4.78 is 26.2. The van der Waals surface area contributed by atoms with Crippen molar-refractivity contribution < 1.29 is 13.2 Å². The van der Waals surface area contributed by atoms with Crippen LogP contribution in [0.15, 0.2) is 35.7 Å². The quantitative estimate of drug-likeness (QED) is 0.711. The Labute approximate surface area is 145 Å². The SMILES string of the molecule is CCCCCC(=O)N1CCN(S(=O)(=O)/C=C/c2ccccc2)CC1. The summed E-state index contributed by atoms with van der Waals surface area (Å²) in [6, 6.07) is 9.35. The maximum absolute atomic E-state index is 12.4. The van der Waals surface area contributed by atoms with Crippen LogP contribution < -0.4 is 0 Å². The smallest absolute Gasteiger partial charge is 0.236 e. The average molecular weight is 350 g/mol. The van der Waals surface area contributed by atoms with Gasteiger partial charge in [0.1, 0.15) is 0 Å². The Bertz CT molecular complexity index is 648. The zero-order valence-electron chi connectivity index (χ0n) is 14.2. The molecule has 132 valence electrons. The van der Waals surface area contributed by atoms with Gasteiger partial charge in [-0.2, -0.15) is 4.31 Å². The van der Waals surface area contributed by atoms with Crippen molar-refractivity contribution in [3.63, 3.8) is 0 Å². The number of nitrogens with zero attached hydrogens (tertiary/aromatic N) is 2. The van der Waals surface area contributed by atoms with E-state index in [0.717, 1.165) is 24.8 Å². The molecule has 24 heavy (non-hydrogen) atoms. The minimum absolute atomic E-state index is 0.139. The first kappa shape index (κ1) is 18.7. The molecule has 0 saturated carbocycles. The largest absolute Gasteiger partial charge is 0.340 e. The van der Waals surface area contributed by atoms with E-state index in [1.54, 1.807) is 11.0 Å². The Morgan fingerprint density at radius 3 is 2.38 bits per heavy atom. The molecule has 1 heterocycles. The third-order valence-corrected chi connectivity index (χ3v) is 5.74. The van der Waals surface area contributed by atoms with E-state index >= 15 is 0 Å². The number of carbonyl (C=O) groups excluding carboxylic acids is 1. The fourth-order valence-electron chi connectivity index (χ4n) is 2.69. The molecule has 0 bridgehead atoms. The van der Waals surface area contributed by atoms with E-state index in [1.165, 1.54) is 9.71 Å². The number of hydrogen-bond acceptors (Lipinski definition) is 3. The maximum atomic E-state index is 12.4. The normalized spacial score (nSPS) is 16.6. The number of amides is 1. The van der Waals surface area contributed by atoms with Gasteiger partial charge in [-0.05, 0) is 18.1 Å². The minimum Gasteiger partial charge on any atom is -0.340 e. The highest BCUT2D eigenvalue weighted by molar-refractivity contribution is 7.92. The summed E-state index contributed by atoms with van der Waals surface area (Å²) in [4.78, 5) is 13.9. The summed E-state index contributed by atoms with van der Waals surface area (Å²) >= 11 is 0. The van der Waals surface area contributed by atoms with Gasteiger partial charge in [0, 0.05) is 38.0 Å². The van der Waals surface area contributed by atoms with Gasteiger partial charge < -0.3 is 4.90 Å². The highest BCUT2D eigenvalue weighted by Gasteiger charge is 2.26. The fourth-order valence-corrected chi connectivity index (χ4v) is 3.86. The van der Waals surface area contributed by atoms with E-state index in [2.05, 4.69) is 6.92 Å². The summed E-state index contributed by atoms with van der Waals surface area (Å²) in [5.74, 6) is 0.139. The van der Waals surface area contributed by atoms with Crippen LogP contribution in [-0.2, 0) is 14.8 Å². The van der Waals surface area contributed by atoms with Gasteiger partial charge in [-0.15, -0.1) is 0 Å². The van der Waals surface area contributed by atoms with Crippen LogP contribution in [-0.4, -0.2) is 49.7 Å². The molecule has 1 amide bonds. The molecule has 0 aromatic heterocycles. The van der Waals surface area contributed by atoms with Crippen molar-refractivity contribution >= 4 is 22.0 Å². The highest BCUT2D eigenvalue weighted by atomic mass is 32.2. The second-order valence-electron chi connectivity index (χ2n) is 6.00. The van der Waals surface area contributed by atoms with Crippen molar-refractivity contribution in [2.24, 2.45) is 0 Å². The lowest BCUT2D eigenvalue weighted by molar-refractivity contribution is -0.132. The van der Waals surface area contributed by atoms with E-state index in [9.17, 15) is 13.2 Å². The van der Waals surface area contributed by atoms with E-state index in [4.69, 9.17) is 0 Å². The van der Waals surface area contributed by atoms with E-state index in [1.807, 2.05) is 30.3 Å². The summed E-state index contributed by atoms with van der Waals surface area (Å²) in [5, 5.41) is 1.25. The number of benzene rings is 1. The Morgan fingerprint density at radius 1 is 1.08 bits per heavy atom. The van der Waals surface area contributed by atoms with E-state index < -0.39 is 10.0 Å². The molecule has 0 N–H and O–H groups in total. The lowest BCUT2D eigenvalue weighted by Gasteiger charge is -2.33. The molecule has 1 fully saturated rings.